The van der Waals surface area contributed by atoms with Crippen molar-refractivity contribution in [1.82, 2.24) is 10.3 Å². The fourth-order valence-electron chi connectivity index (χ4n) is 3.61. The average Bonchev–Trinajstić information content (AvgIpc) is 3.62. The summed E-state index contributed by atoms with van der Waals surface area (Å²) in [5.74, 6) is -1.60. The molecule has 1 amide bonds. The Morgan fingerprint density at radius 1 is 1.18 bits per heavy atom. The van der Waals surface area contributed by atoms with E-state index in [0.717, 1.165) is 26.0 Å². The van der Waals surface area contributed by atoms with Crippen LogP contribution >= 0.6 is 0 Å². The molecular weight excluding hydrogens is 507 g/mol. The number of carbonyl (C=O) groups excluding carboxylic acids is 2. The predicted molar refractivity (Wildman–Crippen MR) is 128 cm³/mol. The summed E-state index contributed by atoms with van der Waals surface area (Å²) >= 11 is 0. The molecular formula is C26H26F3N3O6. The van der Waals surface area contributed by atoms with Crippen LogP contribution in [0.4, 0.5) is 13.2 Å². The van der Waals surface area contributed by atoms with Gasteiger partial charge < -0.3 is 29.7 Å². The summed E-state index contributed by atoms with van der Waals surface area (Å²) in [6, 6.07) is 7.05. The number of carbonyl (C=O) groups is 2. The number of benzene rings is 2. The number of methoxy groups -OCH3 is 1. The molecule has 4 rings (SSSR count). The van der Waals surface area contributed by atoms with Crippen molar-refractivity contribution in [2.75, 3.05) is 13.7 Å². The van der Waals surface area contributed by atoms with Gasteiger partial charge in [0.05, 0.1) is 37.4 Å². The molecule has 1 aliphatic carbocycles. The van der Waals surface area contributed by atoms with Crippen LogP contribution in [0.3, 0.4) is 0 Å². The molecule has 0 spiro atoms. The molecule has 2 aromatic carbocycles. The summed E-state index contributed by atoms with van der Waals surface area (Å²) in [7, 11) is 1.16. The lowest BCUT2D eigenvalue weighted by atomic mass is 10.1. The number of hydrogen-bond acceptors (Lipinski definition) is 8. The number of nitrogens with two attached hydrogens (primary N) is 1. The number of rotatable bonds is 11. The van der Waals surface area contributed by atoms with Gasteiger partial charge in [0, 0.05) is 5.56 Å². The number of oxazole rings is 1. The Balaban J connectivity index is 1.54. The van der Waals surface area contributed by atoms with Crippen LogP contribution in [0.15, 0.2) is 40.8 Å². The number of ether oxygens (including phenoxy) is 3. The van der Waals surface area contributed by atoms with Crippen molar-refractivity contribution >= 4 is 11.9 Å². The van der Waals surface area contributed by atoms with Crippen LogP contribution in [0.2, 0.25) is 0 Å². The van der Waals surface area contributed by atoms with Crippen molar-refractivity contribution in [2.45, 2.75) is 39.0 Å². The molecule has 3 aromatic rings. The van der Waals surface area contributed by atoms with Crippen LogP contribution in [0.1, 0.15) is 58.0 Å². The summed E-state index contributed by atoms with van der Waals surface area (Å²) in [4.78, 5) is 28.6. The van der Waals surface area contributed by atoms with Crippen molar-refractivity contribution < 1.29 is 41.4 Å². The number of aromatic nitrogens is 1. The second-order valence-corrected chi connectivity index (χ2v) is 8.78. The molecule has 0 unspecified atom stereocenters. The van der Waals surface area contributed by atoms with Crippen LogP contribution in [-0.2, 0) is 11.3 Å². The van der Waals surface area contributed by atoms with Crippen LogP contribution in [-0.4, -0.2) is 37.2 Å². The first-order chi connectivity index (χ1) is 18.2. The maximum absolute atomic E-state index is 14.4. The second kappa shape index (κ2) is 11.5. The number of amides is 1. The largest absolute Gasteiger partial charge is 0.489 e. The predicted octanol–water partition coefficient (Wildman–Crippen LogP) is 4.61. The smallest absolute Gasteiger partial charge is 0.387 e. The minimum Gasteiger partial charge on any atom is -0.489 e. The zero-order chi connectivity index (χ0) is 27.4. The van der Waals surface area contributed by atoms with Gasteiger partial charge in [-0.3, -0.25) is 4.79 Å². The third kappa shape index (κ3) is 6.43. The van der Waals surface area contributed by atoms with Gasteiger partial charge in [0.1, 0.15) is 17.3 Å². The van der Waals surface area contributed by atoms with E-state index in [1.165, 1.54) is 30.3 Å². The second-order valence-electron chi connectivity index (χ2n) is 8.78. The molecule has 1 aromatic heterocycles. The van der Waals surface area contributed by atoms with E-state index >= 15 is 0 Å². The van der Waals surface area contributed by atoms with Crippen LogP contribution in [0.25, 0.3) is 11.5 Å². The van der Waals surface area contributed by atoms with Gasteiger partial charge in [-0.15, -0.1) is 0 Å². The fourth-order valence-corrected chi connectivity index (χ4v) is 3.61. The summed E-state index contributed by atoms with van der Waals surface area (Å²) in [5.41, 5.74) is 6.42. The van der Waals surface area contributed by atoms with Gasteiger partial charge in [0.15, 0.2) is 11.5 Å². The van der Waals surface area contributed by atoms with E-state index in [2.05, 4.69) is 19.8 Å². The van der Waals surface area contributed by atoms with Crippen LogP contribution in [0, 0.1) is 11.7 Å². The van der Waals surface area contributed by atoms with E-state index in [1.807, 2.05) is 0 Å². The third-order valence-electron chi connectivity index (χ3n) is 5.77. The fraction of sp³-hybridized carbons (Fsp3) is 0.346. The van der Waals surface area contributed by atoms with E-state index in [1.54, 1.807) is 6.92 Å². The normalized spacial score (nSPS) is 13.8. The number of hydrogen-bond donors (Lipinski definition) is 2. The Labute approximate surface area is 216 Å². The molecule has 9 nitrogen and oxygen atoms in total. The first kappa shape index (κ1) is 27.0. The lowest BCUT2D eigenvalue weighted by Gasteiger charge is -2.12. The molecule has 38 heavy (non-hydrogen) atoms. The minimum absolute atomic E-state index is 0.0348. The van der Waals surface area contributed by atoms with Crippen LogP contribution < -0.4 is 20.5 Å². The first-order valence-corrected chi connectivity index (χ1v) is 11.8. The molecule has 1 saturated carbocycles. The van der Waals surface area contributed by atoms with Gasteiger partial charge in [-0.2, -0.15) is 8.78 Å². The van der Waals surface area contributed by atoms with Crippen molar-refractivity contribution in [3.8, 4) is 23.0 Å². The topological polar surface area (TPSA) is 126 Å². The van der Waals surface area contributed by atoms with E-state index in [-0.39, 0.29) is 40.8 Å². The Morgan fingerprint density at radius 2 is 1.95 bits per heavy atom. The van der Waals surface area contributed by atoms with Gasteiger partial charge in [-0.25, -0.2) is 14.2 Å². The Morgan fingerprint density at radius 3 is 2.58 bits per heavy atom. The van der Waals surface area contributed by atoms with E-state index in [4.69, 9.17) is 14.9 Å². The van der Waals surface area contributed by atoms with Gasteiger partial charge in [-0.1, -0.05) is 0 Å². The molecule has 0 aliphatic heterocycles. The first-order valence-electron chi connectivity index (χ1n) is 11.8. The minimum atomic E-state index is -3.02. The van der Waals surface area contributed by atoms with Gasteiger partial charge in [0.2, 0.25) is 5.89 Å². The molecule has 1 atom stereocenters. The molecule has 1 aliphatic rings. The van der Waals surface area contributed by atoms with Gasteiger partial charge in [0.25, 0.3) is 5.91 Å². The molecule has 0 radical (unpaired) electrons. The third-order valence-corrected chi connectivity index (χ3v) is 5.77. The molecule has 0 saturated heterocycles. The molecule has 202 valence electrons. The summed E-state index contributed by atoms with van der Waals surface area (Å²) in [5, 5.41) is 2.56. The summed E-state index contributed by atoms with van der Waals surface area (Å²) in [6.45, 7) is -1.14. The van der Waals surface area contributed by atoms with Crippen molar-refractivity contribution in [2.24, 2.45) is 11.7 Å². The molecule has 1 fully saturated rings. The summed E-state index contributed by atoms with van der Waals surface area (Å²) in [6.07, 6.45) is 2.02. The molecule has 12 heteroatoms. The number of nitrogens with one attached hydrogen (secondary N) is 1. The van der Waals surface area contributed by atoms with E-state index in [9.17, 15) is 22.8 Å². The maximum Gasteiger partial charge on any atom is 0.387 e. The highest BCUT2D eigenvalue weighted by Crippen LogP contribution is 2.37. The Bertz CT molecular complexity index is 1320. The zero-order valence-corrected chi connectivity index (χ0v) is 20.6. The number of nitrogens with zero attached hydrogens (tertiary/aromatic N) is 1. The van der Waals surface area contributed by atoms with Crippen molar-refractivity contribution in [3.63, 3.8) is 0 Å². The Kier molecular flexibility index (Phi) is 8.20. The average molecular weight is 534 g/mol. The lowest BCUT2D eigenvalue weighted by molar-refractivity contribution is -0.0515. The monoisotopic (exact) mass is 533 g/mol. The van der Waals surface area contributed by atoms with Crippen LogP contribution in [0.5, 0.6) is 11.5 Å². The molecule has 3 N–H and O–H groups in total. The highest BCUT2D eigenvalue weighted by molar-refractivity contribution is 5.96. The number of alkyl halides is 2. The van der Waals surface area contributed by atoms with Gasteiger partial charge in [-0.05, 0) is 62.1 Å². The summed E-state index contributed by atoms with van der Waals surface area (Å²) < 4.78 is 60.8. The van der Waals surface area contributed by atoms with Crippen molar-refractivity contribution in [1.29, 1.82) is 0 Å². The van der Waals surface area contributed by atoms with Crippen molar-refractivity contribution in [3.05, 3.63) is 64.8 Å². The number of esters is 1. The molecule has 0 bridgehead atoms. The quantitative estimate of drug-likeness (QED) is 0.343. The van der Waals surface area contributed by atoms with E-state index < -0.39 is 30.3 Å². The number of halogens is 3. The highest BCUT2D eigenvalue weighted by atomic mass is 19.3. The lowest BCUT2D eigenvalue weighted by Crippen LogP contribution is -2.25. The maximum atomic E-state index is 14.4. The highest BCUT2D eigenvalue weighted by Gasteiger charge is 2.25. The van der Waals surface area contributed by atoms with E-state index in [0.29, 0.717) is 23.8 Å². The van der Waals surface area contributed by atoms with Gasteiger partial charge >= 0.3 is 12.6 Å². The SMILES string of the molecule is COC(=O)c1ccc(C(=O)NCc2nc(-c3ccc(OC(F)F)c(OCC4CC4)c3)oc2[C@H](C)N)c(F)c1. The zero-order valence-electron chi connectivity index (χ0n) is 20.6. The molecule has 1 heterocycles. The Hall–Kier alpha value is -4.06. The standard InChI is InChI=1S/C26H26F3N3O6/c1-13(30)22-19(11-31-23(33)17-7-5-16(9-18(17)27)25(34)35-2)32-24(38-22)15-6-8-20(37-26(28)29)21(10-15)36-12-14-3-4-14/h5-10,13-14,26H,3-4,11-12,30H2,1-2H3,(H,31,33)/t13-/m0/s1.